The summed E-state index contributed by atoms with van der Waals surface area (Å²) in [6, 6.07) is 0. The summed E-state index contributed by atoms with van der Waals surface area (Å²) in [5.41, 5.74) is 0.464. The smallest absolute Gasteiger partial charge is 0.0181 e. The maximum absolute atomic E-state index is 3.47. The van der Waals surface area contributed by atoms with Gasteiger partial charge in [0, 0.05) is 18.6 Å². The van der Waals surface area contributed by atoms with Gasteiger partial charge in [0.1, 0.15) is 0 Å². The predicted octanol–water partition coefficient (Wildman–Crippen LogP) is 1.47. The number of nitrogens with zero attached hydrogens (tertiary/aromatic N) is 1. The van der Waals surface area contributed by atoms with Crippen LogP contribution >= 0.6 is 0 Å². The fourth-order valence-corrected chi connectivity index (χ4v) is 2.47. The van der Waals surface area contributed by atoms with E-state index >= 15 is 0 Å². The van der Waals surface area contributed by atoms with E-state index in [0.29, 0.717) is 5.54 Å². The molecule has 2 rings (SSSR count). The van der Waals surface area contributed by atoms with E-state index in [1.54, 1.807) is 0 Å². The van der Waals surface area contributed by atoms with Crippen LogP contribution in [0.1, 0.15) is 33.1 Å². The van der Waals surface area contributed by atoms with Gasteiger partial charge in [0.2, 0.25) is 0 Å². The summed E-state index contributed by atoms with van der Waals surface area (Å²) in [5.74, 6) is 0.977. The number of hydrogen-bond acceptors (Lipinski definition) is 2. The molecule has 1 saturated carbocycles. The van der Waals surface area contributed by atoms with Gasteiger partial charge >= 0.3 is 0 Å². The second-order valence-electron chi connectivity index (χ2n) is 5.02. The lowest BCUT2D eigenvalue weighted by atomic mass is 9.96. The van der Waals surface area contributed by atoms with Crippen LogP contribution in [0.5, 0.6) is 0 Å². The standard InChI is InChI=1S/C11H22N2/c1-11(2,10-4-5-10)13-8-3-6-12-7-9-13/h10,12H,3-9H2,1-2H3. The Morgan fingerprint density at radius 2 is 1.92 bits per heavy atom. The van der Waals surface area contributed by atoms with Crippen molar-refractivity contribution < 1.29 is 0 Å². The van der Waals surface area contributed by atoms with Crippen LogP contribution < -0.4 is 5.32 Å². The lowest BCUT2D eigenvalue weighted by molar-refractivity contribution is 0.107. The van der Waals surface area contributed by atoms with E-state index in [1.165, 1.54) is 45.4 Å². The third kappa shape index (κ3) is 2.05. The fraction of sp³-hybridized carbons (Fsp3) is 1.00. The molecular weight excluding hydrogens is 160 g/mol. The van der Waals surface area contributed by atoms with Crippen LogP contribution in [0.2, 0.25) is 0 Å². The van der Waals surface area contributed by atoms with Crippen molar-refractivity contribution in [2.45, 2.75) is 38.6 Å². The maximum atomic E-state index is 3.47. The summed E-state index contributed by atoms with van der Waals surface area (Å²) in [5, 5.41) is 3.47. The highest BCUT2D eigenvalue weighted by Crippen LogP contribution is 2.42. The maximum Gasteiger partial charge on any atom is 0.0181 e. The van der Waals surface area contributed by atoms with Crippen molar-refractivity contribution in [2.24, 2.45) is 5.92 Å². The first-order chi connectivity index (χ1) is 6.21. The summed E-state index contributed by atoms with van der Waals surface area (Å²) in [6.45, 7) is 9.76. The lowest BCUT2D eigenvalue weighted by Gasteiger charge is -2.38. The summed E-state index contributed by atoms with van der Waals surface area (Å²) < 4.78 is 0. The van der Waals surface area contributed by atoms with E-state index in [4.69, 9.17) is 0 Å². The Morgan fingerprint density at radius 1 is 1.15 bits per heavy atom. The highest BCUT2D eigenvalue weighted by Gasteiger charge is 2.41. The SMILES string of the molecule is CC(C)(C1CC1)N1CCCNCC1. The van der Waals surface area contributed by atoms with Gasteiger partial charge in [-0.2, -0.15) is 0 Å². The van der Waals surface area contributed by atoms with E-state index in [0.717, 1.165) is 5.92 Å². The Balaban J connectivity index is 1.95. The molecule has 0 bridgehead atoms. The van der Waals surface area contributed by atoms with Gasteiger partial charge in [-0.25, -0.2) is 0 Å². The molecule has 0 atom stereocenters. The third-order valence-corrected chi connectivity index (χ3v) is 3.73. The summed E-state index contributed by atoms with van der Waals surface area (Å²) in [4.78, 5) is 2.69. The van der Waals surface area contributed by atoms with Gasteiger partial charge < -0.3 is 5.32 Å². The zero-order valence-corrected chi connectivity index (χ0v) is 8.97. The second kappa shape index (κ2) is 3.58. The molecule has 0 aromatic carbocycles. The van der Waals surface area contributed by atoms with Crippen molar-refractivity contribution in [3.05, 3.63) is 0 Å². The molecule has 0 radical (unpaired) electrons. The van der Waals surface area contributed by atoms with Crippen molar-refractivity contribution in [1.82, 2.24) is 10.2 Å². The van der Waals surface area contributed by atoms with Crippen molar-refractivity contribution >= 4 is 0 Å². The van der Waals surface area contributed by atoms with Crippen molar-refractivity contribution in [3.8, 4) is 0 Å². The highest BCUT2D eigenvalue weighted by atomic mass is 15.2. The average Bonchev–Trinajstić information content (AvgIpc) is 2.93. The minimum Gasteiger partial charge on any atom is -0.315 e. The van der Waals surface area contributed by atoms with E-state index in [-0.39, 0.29) is 0 Å². The van der Waals surface area contributed by atoms with E-state index < -0.39 is 0 Å². The first-order valence-corrected chi connectivity index (χ1v) is 5.67. The van der Waals surface area contributed by atoms with Gasteiger partial charge in [0.15, 0.2) is 0 Å². The van der Waals surface area contributed by atoms with Gasteiger partial charge in [-0.15, -0.1) is 0 Å². The number of hydrogen-bond donors (Lipinski definition) is 1. The molecule has 2 nitrogen and oxygen atoms in total. The molecule has 0 aromatic rings. The van der Waals surface area contributed by atoms with Crippen molar-refractivity contribution in [2.75, 3.05) is 26.2 Å². The highest BCUT2D eigenvalue weighted by molar-refractivity contribution is 4.96. The monoisotopic (exact) mass is 182 g/mol. The molecule has 2 aliphatic rings. The first kappa shape index (κ1) is 9.47. The van der Waals surface area contributed by atoms with Crippen LogP contribution in [-0.4, -0.2) is 36.6 Å². The van der Waals surface area contributed by atoms with E-state index in [9.17, 15) is 0 Å². The first-order valence-electron chi connectivity index (χ1n) is 5.67. The largest absolute Gasteiger partial charge is 0.315 e. The molecule has 1 saturated heterocycles. The molecule has 1 aliphatic carbocycles. The molecule has 13 heavy (non-hydrogen) atoms. The summed E-state index contributed by atoms with van der Waals surface area (Å²) >= 11 is 0. The molecular formula is C11H22N2. The van der Waals surface area contributed by atoms with Gasteiger partial charge in [0.25, 0.3) is 0 Å². The normalized spacial score (nSPS) is 27.2. The van der Waals surface area contributed by atoms with E-state index in [1.807, 2.05) is 0 Å². The van der Waals surface area contributed by atoms with Crippen molar-refractivity contribution in [3.63, 3.8) is 0 Å². The second-order valence-corrected chi connectivity index (χ2v) is 5.02. The fourth-order valence-electron chi connectivity index (χ4n) is 2.47. The summed E-state index contributed by atoms with van der Waals surface area (Å²) in [6.07, 6.45) is 4.23. The van der Waals surface area contributed by atoms with Crippen LogP contribution in [0.3, 0.4) is 0 Å². The third-order valence-electron chi connectivity index (χ3n) is 3.73. The molecule has 1 N–H and O–H groups in total. The van der Waals surface area contributed by atoms with Crippen LogP contribution in [0.4, 0.5) is 0 Å². The molecule has 1 heterocycles. The molecule has 0 amide bonds. The zero-order valence-electron chi connectivity index (χ0n) is 8.97. The number of rotatable bonds is 2. The minimum atomic E-state index is 0.464. The van der Waals surface area contributed by atoms with E-state index in [2.05, 4.69) is 24.1 Å². The molecule has 1 aliphatic heterocycles. The Kier molecular flexibility index (Phi) is 2.61. The average molecular weight is 182 g/mol. The molecule has 2 fully saturated rings. The van der Waals surface area contributed by atoms with Gasteiger partial charge in [-0.1, -0.05) is 0 Å². The molecule has 2 heteroatoms. The van der Waals surface area contributed by atoms with Crippen LogP contribution in [0.25, 0.3) is 0 Å². The van der Waals surface area contributed by atoms with Gasteiger partial charge in [-0.3, -0.25) is 4.90 Å². The Labute approximate surface area is 81.7 Å². The molecule has 0 unspecified atom stereocenters. The topological polar surface area (TPSA) is 15.3 Å². The quantitative estimate of drug-likeness (QED) is 0.695. The van der Waals surface area contributed by atoms with Crippen LogP contribution in [-0.2, 0) is 0 Å². The minimum absolute atomic E-state index is 0.464. The molecule has 76 valence electrons. The molecule has 0 spiro atoms. The predicted molar refractivity (Wildman–Crippen MR) is 55.9 cm³/mol. The Hall–Kier alpha value is -0.0800. The lowest BCUT2D eigenvalue weighted by Crippen LogP contribution is -2.47. The number of nitrogens with one attached hydrogen (secondary N) is 1. The van der Waals surface area contributed by atoms with Gasteiger partial charge in [0.05, 0.1) is 0 Å². The molecule has 0 aromatic heterocycles. The van der Waals surface area contributed by atoms with Crippen molar-refractivity contribution in [1.29, 1.82) is 0 Å². The summed E-state index contributed by atoms with van der Waals surface area (Å²) in [7, 11) is 0. The Bertz CT molecular complexity index is 165. The zero-order chi connectivity index (χ0) is 9.31. The van der Waals surface area contributed by atoms with Gasteiger partial charge in [-0.05, 0) is 52.1 Å². The van der Waals surface area contributed by atoms with Crippen LogP contribution in [0.15, 0.2) is 0 Å². The van der Waals surface area contributed by atoms with Crippen LogP contribution in [0, 0.1) is 5.92 Å². The Morgan fingerprint density at radius 3 is 2.62 bits per heavy atom.